The fraction of sp³-hybridized carbons (Fsp3) is 0.647. The summed E-state index contributed by atoms with van der Waals surface area (Å²) in [4.78, 5) is 0. The van der Waals surface area contributed by atoms with Gasteiger partial charge < -0.3 is 5.32 Å². The first-order chi connectivity index (χ1) is 9.33. The maximum absolute atomic E-state index is 13.2. The van der Waals surface area contributed by atoms with Crippen molar-refractivity contribution in [3.63, 3.8) is 0 Å². The lowest BCUT2D eigenvalue weighted by molar-refractivity contribution is 0.108. The molecule has 0 spiro atoms. The summed E-state index contributed by atoms with van der Waals surface area (Å²) >= 11 is 5.85. The van der Waals surface area contributed by atoms with Crippen molar-refractivity contribution in [2.24, 2.45) is 16.7 Å². The molecule has 0 radical (unpaired) electrons. The van der Waals surface area contributed by atoms with E-state index in [-0.39, 0.29) is 10.8 Å². The van der Waals surface area contributed by atoms with E-state index in [2.05, 4.69) is 26.1 Å². The predicted octanol–water partition coefficient (Wildman–Crippen LogP) is 4.78. The van der Waals surface area contributed by atoms with Crippen molar-refractivity contribution in [1.29, 1.82) is 0 Å². The highest BCUT2D eigenvalue weighted by atomic mass is 35.5. The molecule has 2 saturated carbocycles. The summed E-state index contributed by atoms with van der Waals surface area (Å²) in [5.74, 6) is 0.490. The Morgan fingerprint density at radius 3 is 2.70 bits per heavy atom. The molecule has 0 heterocycles. The third kappa shape index (κ3) is 2.17. The highest BCUT2D eigenvalue weighted by Gasteiger charge is 2.58. The summed E-state index contributed by atoms with van der Waals surface area (Å²) in [6, 6.07) is 5.52. The molecule has 3 rings (SSSR count). The SMILES string of the molecule is CC1(C)C(NCc2ccc(F)c(Cl)c2)[C@]2(C)CC[C@H]1C2. The van der Waals surface area contributed by atoms with Crippen LogP contribution in [0.1, 0.15) is 45.6 Å². The van der Waals surface area contributed by atoms with Gasteiger partial charge in [0.15, 0.2) is 0 Å². The third-order valence-electron chi connectivity index (χ3n) is 5.76. The van der Waals surface area contributed by atoms with Crippen LogP contribution in [-0.2, 0) is 6.54 Å². The zero-order valence-corrected chi connectivity index (χ0v) is 13.2. The van der Waals surface area contributed by atoms with Gasteiger partial charge in [-0.25, -0.2) is 4.39 Å². The summed E-state index contributed by atoms with van der Waals surface area (Å²) in [6.45, 7) is 7.95. The molecule has 3 heteroatoms. The van der Waals surface area contributed by atoms with E-state index in [9.17, 15) is 4.39 Å². The van der Waals surface area contributed by atoms with E-state index < -0.39 is 0 Å². The molecule has 0 aromatic heterocycles. The van der Waals surface area contributed by atoms with Crippen molar-refractivity contribution in [2.45, 2.75) is 52.6 Å². The molecule has 1 aromatic carbocycles. The molecule has 0 aliphatic heterocycles. The minimum Gasteiger partial charge on any atom is -0.309 e. The Kier molecular flexibility index (Phi) is 3.38. The largest absolute Gasteiger partial charge is 0.309 e. The third-order valence-corrected chi connectivity index (χ3v) is 6.05. The second-order valence-electron chi connectivity index (χ2n) is 7.48. The zero-order valence-electron chi connectivity index (χ0n) is 12.5. The van der Waals surface area contributed by atoms with Gasteiger partial charge in [-0.3, -0.25) is 0 Å². The normalized spacial score (nSPS) is 34.6. The van der Waals surface area contributed by atoms with E-state index in [0.717, 1.165) is 18.0 Å². The van der Waals surface area contributed by atoms with E-state index in [4.69, 9.17) is 11.6 Å². The molecule has 1 nitrogen and oxygen atoms in total. The van der Waals surface area contributed by atoms with E-state index in [1.54, 1.807) is 6.07 Å². The lowest BCUT2D eigenvalue weighted by atomic mass is 9.68. The Labute approximate surface area is 125 Å². The fourth-order valence-corrected chi connectivity index (χ4v) is 4.88. The maximum atomic E-state index is 13.2. The van der Waals surface area contributed by atoms with Gasteiger partial charge in [0.05, 0.1) is 5.02 Å². The van der Waals surface area contributed by atoms with Crippen molar-refractivity contribution in [3.05, 3.63) is 34.6 Å². The topological polar surface area (TPSA) is 12.0 Å². The summed E-state index contributed by atoms with van der Waals surface area (Å²) < 4.78 is 13.2. The molecule has 2 aliphatic rings. The molecule has 0 amide bonds. The summed E-state index contributed by atoms with van der Waals surface area (Å²) in [5, 5.41) is 3.94. The second-order valence-corrected chi connectivity index (χ2v) is 7.88. The van der Waals surface area contributed by atoms with Crippen LogP contribution in [0, 0.1) is 22.6 Å². The molecular weight excluding hydrogens is 273 g/mol. The Hall–Kier alpha value is -0.600. The first-order valence-corrected chi connectivity index (χ1v) is 7.88. The number of nitrogens with one attached hydrogen (secondary N) is 1. The maximum Gasteiger partial charge on any atom is 0.141 e. The number of fused-ring (bicyclic) bond motifs is 2. The van der Waals surface area contributed by atoms with Crippen LogP contribution in [0.15, 0.2) is 18.2 Å². The lowest BCUT2D eigenvalue weighted by Gasteiger charge is -2.43. The first kappa shape index (κ1) is 14.3. The van der Waals surface area contributed by atoms with Crippen LogP contribution in [0.25, 0.3) is 0 Å². The average molecular weight is 296 g/mol. The minimum absolute atomic E-state index is 0.211. The summed E-state index contributed by atoms with van der Waals surface area (Å²) in [7, 11) is 0. The smallest absolute Gasteiger partial charge is 0.141 e. The van der Waals surface area contributed by atoms with Crippen molar-refractivity contribution in [3.8, 4) is 0 Å². The zero-order chi connectivity index (χ0) is 14.5. The number of rotatable bonds is 3. The number of hydrogen-bond acceptors (Lipinski definition) is 1. The lowest BCUT2D eigenvalue weighted by Crippen LogP contribution is -2.49. The summed E-state index contributed by atoms with van der Waals surface area (Å²) in [5.41, 5.74) is 1.81. The van der Waals surface area contributed by atoms with Gasteiger partial charge in [-0.1, -0.05) is 38.4 Å². The van der Waals surface area contributed by atoms with Crippen LogP contribution in [-0.4, -0.2) is 6.04 Å². The van der Waals surface area contributed by atoms with Gasteiger partial charge >= 0.3 is 0 Å². The minimum atomic E-state index is -0.345. The molecule has 20 heavy (non-hydrogen) atoms. The predicted molar refractivity (Wildman–Crippen MR) is 81.3 cm³/mol. The fourth-order valence-electron chi connectivity index (χ4n) is 4.68. The number of benzene rings is 1. The van der Waals surface area contributed by atoms with Crippen molar-refractivity contribution < 1.29 is 4.39 Å². The molecule has 110 valence electrons. The highest BCUT2D eigenvalue weighted by molar-refractivity contribution is 6.30. The molecule has 1 aromatic rings. The Morgan fingerprint density at radius 1 is 1.35 bits per heavy atom. The quantitative estimate of drug-likeness (QED) is 0.846. The Morgan fingerprint density at radius 2 is 2.10 bits per heavy atom. The van der Waals surface area contributed by atoms with Crippen LogP contribution < -0.4 is 5.32 Å². The van der Waals surface area contributed by atoms with Crippen LogP contribution in [0.4, 0.5) is 4.39 Å². The van der Waals surface area contributed by atoms with E-state index in [0.29, 0.717) is 16.9 Å². The molecule has 2 bridgehead atoms. The molecule has 2 fully saturated rings. The van der Waals surface area contributed by atoms with E-state index >= 15 is 0 Å². The van der Waals surface area contributed by atoms with Crippen molar-refractivity contribution in [1.82, 2.24) is 5.32 Å². The van der Waals surface area contributed by atoms with Crippen molar-refractivity contribution in [2.75, 3.05) is 0 Å². The highest BCUT2D eigenvalue weighted by Crippen LogP contribution is 2.62. The van der Waals surface area contributed by atoms with Crippen molar-refractivity contribution >= 4 is 11.6 Å². The van der Waals surface area contributed by atoms with Gasteiger partial charge in [-0.05, 0) is 53.7 Å². The molecule has 3 atom stereocenters. The van der Waals surface area contributed by atoms with E-state index in [1.165, 1.54) is 25.3 Å². The van der Waals surface area contributed by atoms with Crippen LogP contribution in [0.3, 0.4) is 0 Å². The van der Waals surface area contributed by atoms with Gasteiger partial charge in [-0.2, -0.15) is 0 Å². The Bertz CT molecular complexity index is 523. The summed E-state index contributed by atoms with van der Waals surface area (Å²) in [6.07, 6.45) is 4.02. The number of halogens is 2. The van der Waals surface area contributed by atoms with Gasteiger partial charge in [0, 0.05) is 12.6 Å². The second kappa shape index (κ2) is 4.71. The number of hydrogen-bond donors (Lipinski definition) is 1. The van der Waals surface area contributed by atoms with Gasteiger partial charge in [0.1, 0.15) is 5.82 Å². The van der Waals surface area contributed by atoms with E-state index in [1.807, 2.05) is 6.07 Å². The molecule has 1 unspecified atom stereocenters. The first-order valence-electron chi connectivity index (χ1n) is 7.50. The molecule has 1 N–H and O–H groups in total. The van der Waals surface area contributed by atoms with Gasteiger partial charge in [0.25, 0.3) is 0 Å². The molecule has 0 saturated heterocycles. The molecule has 2 aliphatic carbocycles. The van der Waals surface area contributed by atoms with Crippen LogP contribution >= 0.6 is 11.6 Å². The van der Waals surface area contributed by atoms with Crippen LogP contribution in [0.5, 0.6) is 0 Å². The molecular formula is C17H23ClFN. The van der Waals surface area contributed by atoms with Crippen LogP contribution in [0.2, 0.25) is 5.02 Å². The average Bonchev–Trinajstić information content (AvgIpc) is 2.84. The van der Waals surface area contributed by atoms with Gasteiger partial charge in [0.2, 0.25) is 0 Å². The monoisotopic (exact) mass is 295 g/mol. The Balaban J connectivity index is 1.73. The standard InChI is InChI=1S/C17H23ClFN/c1-16(2)12-6-7-17(3,9-12)15(16)20-10-11-4-5-14(19)13(18)8-11/h4-5,8,12,15,20H,6-7,9-10H2,1-3H3/t12-,15?,17+/m0/s1. The van der Waals surface area contributed by atoms with Gasteiger partial charge in [-0.15, -0.1) is 0 Å².